The molecule has 1 amide bonds. The molecule has 0 atom stereocenters. The summed E-state index contributed by atoms with van der Waals surface area (Å²) in [6.07, 6.45) is 3.83. The highest BCUT2D eigenvalue weighted by atomic mass is 16.3. The Bertz CT molecular complexity index is 413. The summed E-state index contributed by atoms with van der Waals surface area (Å²) in [6.45, 7) is 0.569. The van der Waals surface area contributed by atoms with Gasteiger partial charge in [0.25, 0.3) is 0 Å². The van der Waals surface area contributed by atoms with E-state index in [9.17, 15) is 9.90 Å². The Kier molecular flexibility index (Phi) is 3.52. The monoisotopic (exact) mass is 235 g/mol. The molecule has 92 valence electrons. The van der Waals surface area contributed by atoms with Crippen LogP contribution in [-0.4, -0.2) is 22.7 Å². The van der Waals surface area contributed by atoms with Crippen LogP contribution in [-0.2, 0) is 11.2 Å². The number of hydrogen-bond donors (Lipinski definition) is 3. The molecule has 1 aliphatic carbocycles. The SMILES string of the molecule is O=C(NCCc1ccc(O)c(O)c1)C1CCC1. The van der Waals surface area contributed by atoms with Crippen LogP contribution >= 0.6 is 0 Å². The number of rotatable bonds is 4. The number of amides is 1. The second kappa shape index (κ2) is 5.08. The summed E-state index contributed by atoms with van der Waals surface area (Å²) in [7, 11) is 0. The van der Waals surface area contributed by atoms with E-state index >= 15 is 0 Å². The molecule has 0 unspecified atom stereocenters. The van der Waals surface area contributed by atoms with Crippen LogP contribution < -0.4 is 5.32 Å². The Morgan fingerprint density at radius 1 is 1.29 bits per heavy atom. The van der Waals surface area contributed by atoms with Crippen LogP contribution in [0.1, 0.15) is 24.8 Å². The van der Waals surface area contributed by atoms with Crippen LogP contribution in [0.25, 0.3) is 0 Å². The number of phenols is 2. The van der Waals surface area contributed by atoms with Crippen molar-refractivity contribution in [2.45, 2.75) is 25.7 Å². The lowest BCUT2D eigenvalue weighted by molar-refractivity contribution is -0.127. The molecular formula is C13H17NO3. The van der Waals surface area contributed by atoms with Gasteiger partial charge in [0.2, 0.25) is 5.91 Å². The van der Waals surface area contributed by atoms with E-state index in [-0.39, 0.29) is 23.3 Å². The molecule has 1 aromatic rings. The number of phenolic OH excluding ortho intramolecular Hbond substituents is 2. The maximum Gasteiger partial charge on any atom is 0.223 e. The molecule has 1 fully saturated rings. The molecule has 4 nitrogen and oxygen atoms in total. The second-order valence-electron chi connectivity index (χ2n) is 4.49. The first-order valence-corrected chi connectivity index (χ1v) is 5.95. The average molecular weight is 235 g/mol. The fourth-order valence-corrected chi connectivity index (χ4v) is 1.87. The first-order chi connectivity index (χ1) is 8.16. The van der Waals surface area contributed by atoms with Crippen molar-refractivity contribution < 1.29 is 15.0 Å². The van der Waals surface area contributed by atoms with Crippen LogP contribution in [0.5, 0.6) is 11.5 Å². The van der Waals surface area contributed by atoms with Crippen LogP contribution in [0.2, 0.25) is 0 Å². The average Bonchev–Trinajstić information content (AvgIpc) is 2.21. The van der Waals surface area contributed by atoms with E-state index in [1.54, 1.807) is 6.07 Å². The van der Waals surface area contributed by atoms with Gasteiger partial charge in [0, 0.05) is 12.5 Å². The molecule has 0 aromatic heterocycles. The second-order valence-corrected chi connectivity index (χ2v) is 4.49. The number of carbonyl (C=O) groups excluding carboxylic acids is 1. The third-order valence-corrected chi connectivity index (χ3v) is 3.23. The fraction of sp³-hybridized carbons (Fsp3) is 0.462. The summed E-state index contributed by atoms with van der Waals surface area (Å²) in [6, 6.07) is 4.72. The lowest BCUT2D eigenvalue weighted by Gasteiger charge is -2.24. The van der Waals surface area contributed by atoms with Gasteiger partial charge in [-0.3, -0.25) is 4.79 Å². The Morgan fingerprint density at radius 2 is 2.06 bits per heavy atom. The summed E-state index contributed by atoms with van der Waals surface area (Å²) in [5.74, 6) is 0.113. The maximum atomic E-state index is 11.5. The zero-order chi connectivity index (χ0) is 12.3. The highest BCUT2D eigenvalue weighted by Gasteiger charge is 2.24. The Labute approximate surface area is 100 Å². The molecule has 1 aliphatic rings. The third kappa shape index (κ3) is 2.90. The Hall–Kier alpha value is -1.71. The van der Waals surface area contributed by atoms with Gasteiger partial charge in [-0.2, -0.15) is 0 Å². The lowest BCUT2D eigenvalue weighted by atomic mass is 9.85. The number of carbonyl (C=O) groups is 1. The molecule has 1 saturated carbocycles. The zero-order valence-corrected chi connectivity index (χ0v) is 9.65. The highest BCUT2D eigenvalue weighted by Crippen LogP contribution is 2.26. The van der Waals surface area contributed by atoms with Crippen molar-refractivity contribution >= 4 is 5.91 Å². The highest BCUT2D eigenvalue weighted by molar-refractivity contribution is 5.79. The molecule has 0 spiro atoms. The molecule has 0 radical (unpaired) electrons. The smallest absolute Gasteiger partial charge is 0.223 e. The van der Waals surface area contributed by atoms with Gasteiger partial charge in [0.15, 0.2) is 11.5 Å². The minimum Gasteiger partial charge on any atom is -0.504 e. The first-order valence-electron chi connectivity index (χ1n) is 5.95. The summed E-state index contributed by atoms with van der Waals surface area (Å²) in [5.41, 5.74) is 0.897. The number of aromatic hydroxyl groups is 2. The number of hydrogen-bond acceptors (Lipinski definition) is 3. The first kappa shape index (κ1) is 11.8. The zero-order valence-electron chi connectivity index (χ0n) is 9.65. The molecule has 17 heavy (non-hydrogen) atoms. The van der Waals surface area contributed by atoms with Gasteiger partial charge in [-0.15, -0.1) is 0 Å². The molecule has 0 saturated heterocycles. The van der Waals surface area contributed by atoms with Gasteiger partial charge < -0.3 is 15.5 Å². The van der Waals surface area contributed by atoms with Crippen LogP contribution in [0.15, 0.2) is 18.2 Å². The summed E-state index contributed by atoms with van der Waals surface area (Å²) in [4.78, 5) is 11.5. The van der Waals surface area contributed by atoms with E-state index in [1.165, 1.54) is 12.1 Å². The molecule has 0 aliphatic heterocycles. The van der Waals surface area contributed by atoms with E-state index in [1.807, 2.05) is 0 Å². The molecule has 2 rings (SSSR count). The third-order valence-electron chi connectivity index (χ3n) is 3.23. The molecule has 3 N–H and O–H groups in total. The van der Waals surface area contributed by atoms with E-state index in [2.05, 4.69) is 5.32 Å². The minimum atomic E-state index is -0.118. The van der Waals surface area contributed by atoms with Crippen molar-refractivity contribution in [3.8, 4) is 11.5 Å². The van der Waals surface area contributed by atoms with Crippen molar-refractivity contribution in [1.82, 2.24) is 5.32 Å². The Morgan fingerprint density at radius 3 is 2.65 bits per heavy atom. The van der Waals surface area contributed by atoms with Crippen molar-refractivity contribution in [2.75, 3.05) is 6.54 Å². The molecule has 0 bridgehead atoms. The van der Waals surface area contributed by atoms with E-state index in [4.69, 9.17) is 5.11 Å². The van der Waals surface area contributed by atoms with E-state index in [0.717, 1.165) is 24.8 Å². The predicted molar refractivity (Wildman–Crippen MR) is 63.8 cm³/mol. The standard InChI is InChI=1S/C13H17NO3/c15-11-5-4-9(8-12(11)16)6-7-14-13(17)10-2-1-3-10/h4-5,8,10,15-16H,1-3,6-7H2,(H,14,17). The normalized spacial score (nSPS) is 15.3. The summed E-state index contributed by atoms with van der Waals surface area (Å²) >= 11 is 0. The van der Waals surface area contributed by atoms with Crippen molar-refractivity contribution in [3.63, 3.8) is 0 Å². The maximum absolute atomic E-state index is 11.5. The van der Waals surface area contributed by atoms with Gasteiger partial charge in [-0.1, -0.05) is 12.5 Å². The predicted octanol–water partition coefficient (Wildman–Crippen LogP) is 1.56. The quantitative estimate of drug-likeness (QED) is 0.694. The fourth-order valence-electron chi connectivity index (χ4n) is 1.87. The van der Waals surface area contributed by atoms with Crippen molar-refractivity contribution in [1.29, 1.82) is 0 Å². The van der Waals surface area contributed by atoms with Gasteiger partial charge in [-0.05, 0) is 37.0 Å². The largest absolute Gasteiger partial charge is 0.504 e. The lowest BCUT2D eigenvalue weighted by Crippen LogP contribution is -2.35. The van der Waals surface area contributed by atoms with Crippen molar-refractivity contribution in [3.05, 3.63) is 23.8 Å². The topological polar surface area (TPSA) is 69.6 Å². The molecule has 1 aromatic carbocycles. The van der Waals surface area contributed by atoms with Gasteiger partial charge >= 0.3 is 0 Å². The Balaban J connectivity index is 1.77. The van der Waals surface area contributed by atoms with E-state index < -0.39 is 0 Å². The molecule has 0 heterocycles. The van der Waals surface area contributed by atoms with Gasteiger partial charge in [-0.25, -0.2) is 0 Å². The van der Waals surface area contributed by atoms with Gasteiger partial charge in [0.1, 0.15) is 0 Å². The number of nitrogens with one attached hydrogen (secondary N) is 1. The summed E-state index contributed by atoms with van der Waals surface area (Å²) in [5, 5.41) is 21.3. The summed E-state index contributed by atoms with van der Waals surface area (Å²) < 4.78 is 0. The van der Waals surface area contributed by atoms with Gasteiger partial charge in [0.05, 0.1) is 0 Å². The van der Waals surface area contributed by atoms with Crippen LogP contribution in [0.4, 0.5) is 0 Å². The molecular weight excluding hydrogens is 218 g/mol. The number of benzene rings is 1. The minimum absolute atomic E-state index is 0.118. The van der Waals surface area contributed by atoms with E-state index in [0.29, 0.717) is 13.0 Å². The van der Waals surface area contributed by atoms with Crippen LogP contribution in [0, 0.1) is 5.92 Å². The van der Waals surface area contributed by atoms with Crippen LogP contribution in [0.3, 0.4) is 0 Å². The van der Waals surface area contributed by atoms with Crippen molar-refractivity contribution in [2.24, 2.45) is 5.92 Å². The molecule has 4 heteroatoms.